The minimum atomic E-state index is -4.24. The van der Waals surface area contributed by atoms with Crippen LogP contribution in [0.3, 0.4) is 0 Å². The molecule has 0 saturated carbocycles. The van der Waals surface area contributed by atoms with E-state index < -0.39 is 24.3 Å². The van der Waals surface area contributed by atoms with Gasteiger partial charge in [-0.15, -0.1) is 0 Å². The zero-order valence-electron chi connectivity index (χ0n) is 13.5. The second-order valence-corrected chi connectivity index (χ2v) is 6.08. The maximum Gasteiger partial charge on any atom is 0.401 e. The highest BCUT2D eigenvalue weighted by Gasteiger charge is 2.49. The molecule has 1 N–H and O–H groups in total. The molecule has 1 heterocycles. The summed E-state index contributed by atoms with van der Waals surface area (Å²) in [6.45, 7) is 6.59. The quantitative estimate of drug-likeness (QED) is 0.731. The summed E-state index contributed by atoms with van der Waals surface area (Å²) < 4.78 is 37.1. The lowest BCUT2D eigenvalue weighted by Crippen LogP contribution is -2.48. The number of hydrogen-bond donors (Lipinski definition) is 1. The van der Waals surface area contributed by atoms with Gasteiger partial charge in [0.1, 0.15) is 5.54 Å². The lowest BCUT2D eigenvalue weighted by Gasteiger charge is -2.26. The Kier molecular flexibility index (Phi) is 5.83. The first-order valence-electron chi connectivity index (χ1n) is 7.44. The molecule has 1 saturated heterocycles. The predicted molar refractivity (Wildman–Crippen MR) is 76.3 cm³/mol. The maximum absolute atomic E-state index is 12.4. The van der Waals surface area contributed by atoms with Crippen LogP contribution in [0.15, 0.2) is 0 Å². The summed E-state index contributed by atoms with van der Waals surface area (Å²) in [7, 11) is 0. The van der Waals surface area contributed by atoms with Crippen molar-refractivity contribution in [1.82, 2.24) is 15.1 Å². The zero-order chi connectivity index (χ0) is 17.1. The molecule has 0 bridgehead atoms. The van der Waals surface area contributed by atoms with Crippen LogP contribution in [0.2, 0.25) is 0 Å². The molecule has 128 valence electrons. The van der Waals surface area contributed by atoms with Crippen LogP contribution in [0.1, 0.15) is 34.1 Å². The van der Waals surface area contributed by atoms with Crippen LogP contribution >= 0.6 is 0 Å². The monoisotopic (exact) mass is 323 g/mol. The summed E-state index contributed by atoms with van der Waals surface area (Å²) in [5.74, 6) is -0.377. The van der Waals surface area contributed by atoms with Crippen molar-refractivity contribution < 1.29 is 22.8 Å². The van der Waals surface area contributed by atoms with Crippen molar-refractivity contribution in [3.63, 3.8) is 0 Å². The first-order valence-corrected chi connectivity index (χ1v) is 7.44. The molecule has 1 aliphatic rings. The van der Waals surface area contributed by atoms with E-state index in [-0.39, 0.29) is 31.5 Å². The molecular formula is C14H24F3N3O2. The summed E-state index contributed by atoms with van der Waals surface area (Å²) in [5, 5.41) is 2.66. The number of alkyl halides is 3. The standard InChI is InChI=1S/C14H24F3N3O2/c1-5-19(9-14(15,16)17)7-6-8-20-11(21)13(4,10(2)3)18-12(20)22/h10H,5-9H2,1-4H3,(H,18,22)/t13-/m1/s1. The molecule has 22 heavy (non-hydrogen) atoms. The zero-order valence-corrected chi connectivity index (χ0v) is 13.5. The number of carbonyl (C=O) groups is 2. The molecule has 0 aromatic carbocycles. The van der Waals surface area contributed by atoms with Crippen molar-refractivity contribution in [2.45, 2.75) is 45.8 Å². The number of nitrogens with zero attached hydrogens (tertiary/aromatic N) is 2. The molecule has 0 aliphatic carbocycles. The molecule has 0 spiro atoms. The number of halogens is 3. The van der Waals surface area contributed by atoms with Crippen LogP contribution in [0.25, 0.3) is 0 Å². The second kappa shape index (κ2) is 6.85. The third-order valence-corrected chi connectivity index (χ3v) is 4.16. The third-order valence-electron chi connectivity index (χ3n) is 4.16. The van der Waals surface area contributed by atoms with Crippen LogP contribution in [0, 0.1) is 5.92 Å². The number of carbonyl (C=O) groups excluding carboxylic acids is 2. The topological polar surface area (TPSA) is 52.6 Å². The molecule has 1 atom stereocenters. The molecule has 0 radical (unpaired) electrons. The summed E-state index contributed by atoms with van der Waals surface area (Å²) in [6.07, 6.45) is -3.93. The third kappa shape index (κ3) is 4.34. The fraction of sp³-hybridized carbons (Fsp3) is 0.857. The lowest BCUT2D eigenvalue weighted by atomic mass is 9.88. The largest absolute Gasteiger partial charge is 0.401 e. The Hall–Kier alpha value is -1.31. The highest BCUT2D eigenvalue weighted by molar-refractivity contribution is 6.06. The van der Waals surface area contributed by atoms with Crippen molar-refractivity contribution in [3.8, 4) is 0 Å². The van der Waals surface area contributed by atoms with Gasteiger partial charge in [-0.1, -0.05) is 20.8 Å². The van der Waals surface area contributed by atoms with E-state index in [0.717, 1.165) is 4.90 Å². The number of rotatable bonds is 7. The smallest absolute Gasteiger partial charge is 0.323 e. The average molecular weight is 323 g/mol. The Bertz CT molecular complexity index is 426. The van der Waals surface area contributed by atoms with E-state index in [0.29, 0.717) is 6.42 Å². The Balaban J connectivity index is 2.55. The summed E-state index contributed by atoms with van der Waals surface area (Å²) >= 11 is 0. The molecule has 1 rings (SSSR count). The minimum Gasteiger partial charge on any atom is -0.323 e. The van der Waals surface area contributed by atoms with Crippen molar-refractivity contribution in [1.29, 1.82) is 0 Å². The van der Waals surface area contributed by atoms with Crippen LogP contribution in [0.5, 0.6) is 0 Å². The predicted octanol–water partition coefficient (Wildman–Crippen LogP) is 2.23. The number of hydrogen-bond acceptors (Lipinski definition) is 3. The van der Waals surface area contributed by atoms with Gasteiger partial charge in [0.15, 0.2) is 0 Å². The van der Waals surface area contributed by atoms with Gasteiger partial charge in [-0.25, -0.2) is 4.79 Å². The van der Waals surface area contributed by atoms with Gasteiger partial charge in [0.05, 0.1) is 6.54 Å². The Morgan fingerprint density at radius 2 is 1.91 bits per heavy atom. The van der Waals surface area contributed by atoms with Crippen molar-refractivity contribution in [2.24, 2.45) is 5.92 Å². The van der Waals surface area contributed by atoms with Crippen LogP contribution in [-0.4, -0.2) is 59.6 Å². The number of amides is 3. The van der Waals surface area contributed by atoms with Crippen molar-refractivity contribution >= 4 is 11.9 Å². The normalized spacial score (nSPS) is 22.9. The van der Waals surface area contributed by atoms with Crippen LogP contribution in [0.4, 0.5) is 18.0 Å². The second-order valence-electron chi connectivity index (χ2n) is 6.08. The Labute approximate surface area is 128 Å². The molecule has 8 heteroatoms. The van der Waals surface area contributed by atoms with Crippen molar-refractivity contribution in [2.75, 3.05) is 26.2 Å². The Morgan fingerprint density at radius 3 is 2.32 bits per heavy atom. The van der Waals surface area contributed by atoms with E-state index >= 15 is 0 Å². The Morgan fingerprint density at radius 1 is 1.32 bits per heavy atom. The summed E-state index contributed by atoms with van der Waals surface area (Å²) in [5.41, 5.74) is -0.937. The number of nitrogens with one attached hydrogen (secondary N) is 1. The molecule has 0 aromatic heterocycles. The molecule has 0 unspecified atom stereocenters. The average Bonchev–Trinajstić information content (AvgIpc) is 2.60. The van der Waals surface area contributed by atoms with E-state index in [1.807, 2.05) is 13.8 Å². The molecule has 1 aliphatic heterocycles. The van der Waals surface area contributed by atoms with E-state index in [9.17, 15) is 22.8 Å². The fourth-order valence-electron chi connectivity index (χ4n) is 2.36. The molecule has 0 aromatic rings. The lowest BCUT2D eigenvalue weighted by molar-refractivity contribution is -0.146. The summed E-state index contributed by atoms with van der Waals surface area (Å²) in [4.78, 5) is 26.5. The first kappa shape index (κ1) is 18.7. The minimum absolute atomic E-state index is 0.0636. The van der Waals surface area contributed by atoms with Gasteiger partial charge in [-0.2, -0.15) is 13.2 Å². The van der Waals surface area contributed by atoms with Gasteiger partial charge in [-0.05, 0) is 25.8 Å². The molecular weight excluding hydrogens is 299 g/mol. The SMILES string of the molecule is CCN(CCCN1C(=O)N[C@](C)(C(C)C)C1=O)CC(F)(F)F. The van der Waals surface area contributed by atoms with Crippen LogP contribution < -0.4 is 5.32 Å². The maximum atomic E-state index is 12.4. The molecule has 3 amide bonds. The molecule has 1 fully saturated rings. The molecule has 5 nitrogen and oxygen atoms in total. The van der Waals surface area contributed by atoms with Crippen LogP contribution in [-0.2, 0) is 4.79 Å². The van der Waals surface area contributed by atoms with Gasteiger partial charge in [0, 0.05) is 13.1 Å². The first-order chi connectivity index (χ1) is 10.0. The van der Waals surface area contributed by atoms with Gasteiger partial charge < -0.3 is 5.32 Å². The summed E-state index contributed by atoms with van der Waals surface area (Å²) in [6, 6.07) is -0.472. The van der Waals surface area contributed by atoms with Gasteiger partial charge >= 0.3 is 12.2 Å². The highest BCUT2D eigenvalue weighted by Crippen LogP contribution is 2.25. The number of urea groups is 1. The van der Waals surface area contributed by atoms with E-state index in [1.54, 1.807) is 13.8 Å². The van der Waals surface area contributed by atoms with Gasteiger partial charge in [-0.3, -0.25) is 14.6 Å². The van der Waals surface area contributed by atoms with E-state index in [1.165, 1.54) is 4.90 Å². The van der Waals surface area contributed by atoms with Gasteiger partial charge in [0.25, 0.3) is 5.91 Å². The number of imide groups is 1. The van der Waals surface area contributed by atoms with E-state index in [2.05, 4.69) is 5.32 Å². The van der Waals surface area contributed by atoms with Crippen molar-refractivity contribution in [3.05, 3.63) is 0 Å². The fourth-order valence-corrected chi connectivity index (χ4v) is 2.36. The van der Waals surface area contributed by atoms with E-state index in [4.69, 9.17) is 0 Å². The highest BCUT2D eigenvalue weighted by atomic mass is 19.4. The van der Waals surface area contributed by atoms with Gasteiger partial charge in [0.2, 0.25) is 0 Å².